The second-order valence-electron chi connectivity index (χ2n) is 3.91. The van der Waals surface area contributed by atoms with Gasteiger partial charge in [-0.1, -0.05) is 27.2 Å². The summed E-state index contributed by atoms with van der Waals surface area (Å²) in [4.78, 5) is 8.77. The zero-order chi connectivity index (χ0) is 11.1. The lowest BCUT2D eigenvalue weighted by atomic mass is 10.0. The van der Waals surface area contributed by atoms with Crippen LogP contribution in [0.5, 0.6) is 0 Å². The Morgan fingerprint density at radius 3 is 2.60 bits per heavy atom. The Bertz CT molecular complexity index is 286. The monoisotopic (exact) mass is 207 g/mol. The number of rotatable bonds is 6. The molecule has 0 amide bonds. The van der Waals surface area contributed by atoms with Crippen molar-refractivity contribution >= 4 is 5.82 Å². The van der Waals surface area contributed by atoms with Gasteiger partial charge in [-0.05, 0) is 12.8 Å². The van der Waals surface area contributed by atoms with Crippen LogP contribution in [0.4, 0.5) is 5.82 Å². The van der Waals surface area contributed by atoms with Gasteiger partial charge in [0.05, 0.1) is 5.69 Å². The highest BCUT2D eigenvalue weighted by atomic mass is 15.0. The summed E-state index contributed by atoms with van der Waals surface area (Å²) < 4.78 is 0. The van der Waals surface area contributed by atoms with E-state index in [0.717, 1.165) is 24.5 Å². The molecule has 0 aromatic carbocycles. The summed E-state index contributed by atoms with van der Waals surface area (Å²) >= 11 is 0. The number of nitrogens with one attached hydrogen (secondary N) is 1. The molecular weight excluding hydrogens is 186 g/mol. The minimum Gasteiger partial charge on any atom is -0.369 e. The first-order valence-electron chi connectivity index (χ1n) is 5.84. The Kier molecular flexibility index (Phi) is 5.08. The zero-order valence-corrected chi connectivity index (χ0v) is 9.95. The van der Waals surface area contributed by atoms with E-state index in [0.29, 0.717) is 5.92 Å². The van der Waals surface area contributed by atoms with Crippen molar-refractivity contribution in [2.45, 2.75) is 46.0 Å². The summed E-state index contributed by atoms with van der Waals surface area (Å²) in [5, 5.41) is 3.33. The predicted molar refractivity (Wildman–Crippen MR) is 64.1 cm³/mol. The molecule has 0 saturated carbocycles. The number of aromatic nitrogens is 2. The third-order valence-electron chi connectivity index (χ3n) is 2.46. The average Bonchev–Trinajstić information content (AvgIpc) is 2.27. The Labute approximate surface area is 92.3 Å². The molecule has 0 bridgehead atoms. The van der Waals surface area contributed by atoms with Gasteiger partial charge in [-0.2, -0.15) is 0 Å². The number of hydrogen-bond acceptors (Lipinski definition) is 3. The van der Waals surface area contributed by atoms with Crippen LogP contribution in [0.25, 0.3) is 0 Å². The summed E-state index contributed by atoms with van der Waals surface area (Å²) in [5.41, 5.74) is 1.10. The Morgan fingerprint density at radius 2 is 1.93 bits per heavy atom. The van der Waals surface area contributed by atoms with E-state index in [1.165, 1.54) is 12.8 Å². The van der Waals surface area contributed by atoms with Crippen LogP contribution in [0.3, 0.4) is 0 Å². The number of nitrogens with zero attached hydrogens (tertiary/aromatic N) is 2. The molecule has 1 heterocycles. The molecule has 3 nitrogen and oxygen atoms in total. The molecule has 0 aliphatic carbocycles. The van der Waals surface area contributed by atoms with Crippen LogP contribution in [0.1, 0.15) is 51.6 Å². The minimum atomic E-state index is 0.489. The van der Waals surface area contributed by atoms with Crippen molar-refractivity contribution in [3.63, 3.8) is 0 Å². The van der Waals surface area contributed by atoms with Gasteiger partial charge >= 0.3 is 0 Å². The van der Waals surface area contributed by atoms with Crippen molar-refractivity contribution in [2.75, 3.05) is 11.9 Å². The van der Waals surface area contributed by atoms with Gasteiger partial charge in [-0.25, -0.2) is 4.98 Å². The summed E-state index contributed by atoms with van der Waals surface area (Å²) in [6.45, 7) is 7.53. The van der Waals surface area contributed by atoms with Gasteiger partial charge in [-0.3, -0.25) is 4.98 Å². The van der Waals surface area contributed by atoms with Gasteiger partial charge < -0.3 is 5.32 Å². The minimum absolute atomic E-state index is 0.489. The van der Waals surface area contributed by atoms with Gasteiger partial charge in [0.2, 0.25) is 0 Å². The van der Waals surface area contributed by atoms with Crippen LogP contribution in [0.2, 0.25) is 0 Å². The van der Waals surface area contributed by atoms with Crippen LogP contribution in [-0.4, -0.2) is 16.5 Å². The molecular formula is C12H21N3. The highest BCUT2D eigenvalue weighted by Crippen LogP contribution is 2.23. The van der Waals surface area contributed by atoms with Crippen molar-refractivity contribution in [2.24, 2.45) is 0 Å². The molecule has 1 aromatic heterocycles. The molecule has 0 radical (unpaired) electrons. The maximum atomic E-state index is 4.43. The highest BCUT2D eigenvalue weighted by molar-refractivity contribution is 5.41. The second-order valence-corrected chi connectivity index (χ2v) is 3.91. The maximum absolute atomic E-state index is 4.43. The first-order valence-corrected chi connectivity index (χ1v) is 5.84. The zero-order valence-electron chi connectivity index (χ0n) is 9.95. The van der Waals surface area contributed by atoms with Crippen molar-refractivity contribution in [1.29, 1.82) is 0 Å². The lowest BCUT2D eigenvalue weighted by Crippen LogP contribution is -2.08. The Morgan fingerprint density at radius 1 is 1.20 bits per heavy atom. The fraction of sp³-hybridized carbons (Fsp3) is 0.667. The van der Waals surface area contributed by atoms with Crippen LogP contribution >= 0.6 is 0 Å². The van der Waals surface area contributed by atoms with Crippen molar-refractivity contribution in [3.8, 4) is 0 Å². The van der Waals surface area contributed by atoms with Crippen molar-refractivity contribution in [3.05, 3.63) is 18.1 Å². The van der Waals surface area contributed by atoms with E-state index in [1.807, 2.05) is 0 Å². The standard InChI is InChI=1S/C12H21N3/c1-4-6-10(3)11-12(14-7-5-2)15-9-8-13-11/h8-10H,4-7H2,1-3H3,(H,14,15). The summed E-state index contributed by atoms with van der Waals surface area (Å²) in [6.07, 6.45) is 6.99. The smallest absolute Gasteiger partial charge is 0.148 e. The molecule has 1 rings (SSSR count). The Balaban J connectivity index is 2.75. The summed E-state index contributed by atoms with van der Waals surface area (Å²) in [6, 6.07) is 0. The summed E-state index contributed by atoms with van der Waals surface area (Å²) in [7, 11) is 0. The molecule has 1 aromatic rings. The largest absolute Gasteiger partial charge is 0.369 e. The molecule has 15 heavy (non-hydrogen) atoms. The summed E-state index contributed by atoms with van der Waals surface area (Å²) in [5.74, 6) is 1.45. The number of anilines is 1. The third-order valence-corrected chi connectivity index (χ3v) is 2.46. The quantitative estimate of drug-likeness (QED) is 0.778. The SMILES string of the molecule is CCCNc1nccnc1C(C)CCC. The topological polar surface area (TPSA) is 37.8 Å². The van der Waals surface area contributed by atoms with E-state index in [1.54, 1.807) is 12.4 Å². The molecule has 0 aliphatic rings. The maximum Gasteiger partial charge on any atom is 0.148 e. The van der Waals surface area contributed by atoms with Gasteiger partial charge in [0, 0.05) is 24.9 Å². The normalized spacial score (nSPS) is 12.5. The molecule has 1 N–H and O–H groups in total. The van der Waals surface area contributed by atoms with Crippen LogP contribution in [0.15, 0.2) is 12.4 Å². The molecule has 0 fully saturated rings. The predicted octanol–water partition coefficient (Wildman–Crippen LogP) is 3.20. The van der Waals surface area contributed by atoms with Crippen molar-refractivity contribution in [1.82, 2.24) is 9.97 Å². The molecule has 0 aliphatic heterocycles. The van der Waals surface area contributed by atoms with E-state index in [4.69, 9.17) is 0 Å². The molecule has 1 atom stereocenters. The average molecular weight is 207 g/mol. The highest BCUT2D eigenvalue weighted by Gasteiger charge is 2.11. The molecule has 3 heteroatoms. The van der Waals surface area contributed by atoms with Gasteiger partial charge in [-0.15, -0.1) is 0 Å². The van der Waals surface area contributed by atoms with Gasteiger partial charge in [0.1, 0.15) is 5.82 Å². The lowest BCUT2D eigenvalue weighted by molar-refractivity contribution is 0.645. The Hall–Kier alpha value is -1.12. The van der Waals surface area contributed by atoms with Gasteiger partial charge in [0.15, 0.2) is 0 Å². The molecule has 84 valence electrons. The molecule has 0 spiro atoms. The van der Waals surface area contributed by atoms with Crippen molar-refractivity contribution < 1.29 is 0 Å². The van der Waals surface area contributed by atoms with E-state index in [-0.39, 0.29) is 0 Å². The third kappa shape index (κ3) is 3.50. The fourth-order valence-corrected chi connectivity index (χ4v) is 1.66. The van der Waals surface area contributed by atoms with Gasteiger partial charge in [0.25, 0.3) is 0 Å². The van der Waals surface area contributed by atoms with E-state index < -0.39 is 0 Å². The lowest BCUT2D eigenvalue weighted by Gasteiger charge is -2.14. The molecule has 0 saturated heterocycles. The van der Waals surface area contributed by atoms with E-state index in [9.17, 15) is 0 Å². The first kappa shape index (κ1) is 12.0. The van der Waals surface area contributed by atoms with Crippen LogP contribution in [0, 0.1) is 0 Å². The second kappa shape index (κ2) is 6.38. The first-order chi connectivity index (χ1) is 7.29. The molecule has 1 unspecified atom stereocenters. The number of hydrogen-bond donors (Lipinski definition) is 1. The van der Waals surface area contributed by atoms with Crippen LogP contribution in [-0.2, 0) is 0 Å². The van der Waals surface area contributed by atoms with E-state index >= 15 is 0 Å². The van der Waals surface area contributed by atoms with E-state index in [2.05, 4.69) is 36.1 Å². The van der Waals surface area contributed by atoms with Crippen LogP contribution < -0.4 is 5.32 Å². The fourth-order valence-electron chi connectivity index (χ4n) is 1.66.